The van der Waals surface area contributed by atoms with E-state index in [2.05, 4.69) is 24.0 Å². The van der Waals surface area contributed by atoms with E-state index in [1.807, 2.05) is 0 Å². The first-order chi connectivity index (χ1) is 11.8. The summed E-state index contributed by atoms with van der Waals surface area (Å²) in [7, 11) is 0. The number of ether oxygens (including phenoxy) is 1. The van der Waals surface area contributed by atoms with Crippen molar-refractivity contribution in [3.05, 3.63) is 12.7 Å². The molecule has 24 heavy (non-hydrogen) atoms. The summed E-state index contributed by atoms with van der Waals surface area (Å²) >= 11 is 1.48. The molecule has 0 saturated heterocycles. The summed E-state index contributed by atoms with van der Waals surface area (Å²) in [5.41, 5.74) is 2.81. The van der Waals surface area contributed by atoms with Gasteiger partial charge in [0.2, 0.25) is 5.04 Å². The van der Waals surface area contributed by atoms with E-state index in [-0.39, 0.29) is 5.97 Å². The van der Waals surface area contributed by atoms with Gasteiger partial charge in [0.05, 0.1) is 13.2 Å². The van der Waals surface area contributed by atoms with Gasteiger partial charge in [0.1, 0.15) is 0 Å². The van der Waals surface area contributed by atoms with Crippen LogP contribution in [0.1, 0.15) is 78.1 Å². The first-order valence-electron chi connectivity index (χ1n) is 9.47. The lowest BCUT2D eigenvalue weighted by atomic mass is 10.1. The average Bonchev–Trinajstić information content (AvgIpc) is 2.58. The Morgan fingerprint density at radius 2 is 1.62 bits per heavy atom. The maximum absolute atomic E-state index is 11.8. The third-order valence-corrected chi connectivity index (χ3v) is 4.63. The molecule has 0 aliphatic heterocycles. The van der Waals surface area contributed by atoms with E-state index >= 15 is 0 Å². The highest BCUT2D eigenvalue weighted by atomic mass is 32.2. The van der Waals surface area contributed by atoms with Crippen molar-refractivity contribution < 1.29 is 9.53 Å². The van der Waals surface area contributed by atoms with Gasteiger partial charge >= 0.3 is 5.97 Å². The maximum atomic E-state index is 11.8. The fourth-order valence-electron chi connectivity index (χ4n) is 2.27. The molecule has 0 saturated carbocycles. The Hall–Kier alpha value is -0.970. The molecular formula is C19H36N2O2S. The van der Waals surface area contributed by atoms with Crippen molar-refractivity contribution in [1.29, 1.82) is 0 Å². The number of hydrogen-bond acceptors (Lipinski definition) is 5. The van der Waals surface area contributed by atoms with Gasteiger partial charge < -0.3 is 10.2 Å². The Balaban J connectivity index is 3.70. The average molecular weight is 357 g/mol. The van der Waals surface area contributed by atoms with Crippen LogP contribution < -0.4 is 5.43 Å². The first kappa shape index (κ1) is 23.0. The van der Waals surface area contributed by atoms with Crippen LogP contribution in [0.4, 0.5) is 0 Å². The monoisotopic (exact) mass is 356 g/mol. The second-order valence-corrected chi connectivity index (χ2v) is 6.90. The summed E-state index contributed by atoms with van der Waals surface area (Å²) in [6.07, 6.45) is 14.9. The van der Waals surface area contributed by atoms with Gasteiger partial charge in [-0.25, -0.2) is 4.79 Å². The number of nitrogens with one attached hydrogen (secondary N) is 1. The normalized spacial score (nSPS) is 11.3. The molecule has 0 fully saturated rings. The molecule has 0 radical (unpaired) electrons. The zero-order chi connectivity index (χ0) is 17.9. The van der Waals surface area contributed by atoms with Crippen molar-refractivity contribution in [3.8, 4) is 0 Å². The third kappa shape index (κ3) is 14.6. The third-order valence-electron chi connectivity index (χ3n) is 3.60. The molecule has 4 nitrogen and oxygen atoms in total. The molecule has 0 heterocycles. The summed E-state index contributed by atoms with van der Waals surface area (Å²) in [5, 5.41) is 4.51. The number of hydrazone groups is 1. The Labute approximate surface area is 152 Å². The molecule has 0 aliphatic rings. The fraction of sp³-hybridized carbons (Fsp3) is 0.789. The minimum Gasteiger partial charge on any atom is -0.461 e. The molecule has 140 valence electrons. The summed E-state index contributed by atoms with van der Waals surface area (Å²) in [6, 6.07) is 0. The summed E-state index contributed by atoms with van der Waals surface area (Å²) in [6.45, 7) is 8.59. The molecule has 0 aliphatic carbocycles. The van der Waals surface area contributed by atoms with Crippen molar-refractivity contribution in [1.82, 2.24) is 5.43 Å². The van der Waals surface area contributed by atoms with Crippen molar-refractivity contribution >= 4 is 22.8 Å². The van der Waals surface area contributed by atoms with Crippen molar-refractivity contribution in [3.63, 3.8) is 0 Å². The van der Waals surface area contributed by atoms with Crippen LogP contribution in [-0.2, 0) is 9.53 Å². The van der Waals surface area contributed by atoms with Crippen LogP contribution in [0.25, 0.3) is 0 Å². The minimum absolute atomic E-state index is 0.342. The maximum Gasteiger partial charge on any atom is 0.365 e. The van der Waals surface area contributed by atoms with E-state index in [0.717, 1.165) is 12.2 Å². The number of esters is 1. The van der Waals surface area contributed by atoms with E-state index in [1.165, 1.54) is 69.5 Å². The Kier molecular flexibility index (Phi) is 17.6. The molecule has 0 amide bonds. The van der Waals surface area contributed by atoms with Crippen LogP contribution >= 0.6 is 11.8 Å². The topological polar surface area (TPSA) is 50.7 Å². The summed E-state index contributed by atoms with van der Waals surface area (Å²) in [5.74, 6) is 0.565. The molecule has 0 aromatic rings. The van der Waals surface area contributed by atoms with Crippen LogP contribution in [-0.4, -0.2) is 29.9 Å². The number of nitrogens with zero attached hydrogens (tertiary/aromatic N) is 1. The second kappa shape index (κ2) is 18.4. The van der Waals surface area contributed by atoms with Crippen LogP contribution in [0.2, 0.25) is 0 Å². The predicted molar refractivity (Wildman–Crippen MR) is 107 cm³/mol. The molecule has 1 N–H and O–H groups in total. The Bertz CT molecular complexity index is 346. The van der Waals surface area contributed by atoms with Crippen LogP contribution in [0.15, 0.2) is 17.8 Å². The minimum atomic E-state index is -0.342. The van der Waals surface area contributed by atoms with Gasteiger partial charge in [-0.1, -0.05) is 82.5 Å². The second-order valence-electron chi connectivity index (χ2n) is 5.82. The predicted octanol–water partition coefficient (Wildman–Crippen LogP) is 5.29. The Morgan fingerprint density at radius 3 is 2.17 bits per heavy atom. The molecular weight excluding hydrogens is 320 g/mol. The smallest absolute Gasteiger partial charge is 0.365 e. The lowest BCUT2D eigenvalue weighted by Gasteiger charge is -2.06. The molecule has 0 aromatic carbocycles. The molecule has 5 heteroatoms. The first-order valence-corrected chi connectivity index (χ1v) is 10.5. The van der Waals surface area contributed by atoms with Crippen LogP contribution in [0, 0.1) is 0 Å². The molecule has 0 unspecified atom stereocenters. The lowest BCUT2D eigenvalue weighted by molar-refractivity contribution is -0.134. The SMILES string of the molecule is C=CCN/N=C(\SCCCCCCCCCCCC)C(=O)OCC. The van der Waals surface area contributed by atoms with Gasteiger partial charge in [0, 0.05) is 0 Å². The van der Waals surface area contributed by atoms with E-state index in [4.69, 9.17) is 4.74 Å². The van der Waals surface area contributed by atoms with Gasteiger partial charge in [0.15, 0.2) is 0 Å². The van der Waals surface area contributed by atoms with Gasteiger partial charge in [-0.05, 0) is 19.1 Å². The highest BCUT2D eigenvalue weighted by molar-refractivity contribution is 8.15. The number of carbonyl (C=O) groups is 1. The van der Waals surface area contributed by atoms with Gasteiger partial charge in [-0.15, -0.1) is 6.58 Å². The van der Waals surface area contributed by atoms with Crippen molar-refractivity contribution in [2.24, 2.45) is 5.10 Å². The molecule has 0 bridgehead atoms. The van der Waals surface area contributed by atoms with Crippen molar-refractivity contribution in [2.75, 3.05) is 18.9 Å². The van der Waals surface area contributed by atoms with E-state index in [0.29, 0.717) is 18.2 Å². The fourth-order valence-corrected chi connectivity index (χ4v) is 3.12. The highest BCUT2D eigenvalue weighted by Crippen LogP contribution is 2.13. The summed E-state index contributed by atoms with van der Waals surface area (Å²) < 4.78 is 5.03. The number of rotatable bonds is 15. The highest BCUT2D eigenvalue weighted by Gasteiger charge is 2.13. The van der Waals surface area contributed by atoms with E-state index in [9.17, 15) is 4.79 Å². The standard InChI is InChI=1S/C19H36N2O2S/c1-4-7-8-9-10-11-12-13-14-15-17-24-18(19(22)23-6-3)21-20-16-5-2/h5,20H,2,4,6-17H2,1,3H3/b21-18-. The van der Waals surface area contributed by atoms with Gasteiger partial charge in [-0.2, -0.15) is 5.10 Å². The molecule has 0 spiro atoms. The van der Waals surface area contributed by atoms with Crippen LogP contribution in [0.3, 0.4) is 0 Å². The zero-order valence-electron chi connectivity index (χ0n) is 15.6. The Morgan fingerprint density at radius 1 is 1.04 bits per heavy atom. The van der Waals surface area contributed by atoms with Crippen molar-refractivity contribution in [2.45, 2.75) is 78.1 Å². The number of carbonyl (C=O) groups excluding carboxylic acids is 1. The van der Waals surface area contributed by atoms with Gasteiger partial charge in [0.25, 0.3) is 0 Å². The molecule has 0 atom stereocenters. The zero-order valence-corrected chi connectivity index (χ0v) is 16.5. The lowest BCUT2D eigenvalue weighted by Crippen LogP contribution is -2.19. The largest absolute Gasteiger partial charge is 0.461 e. The number of unbranched alkanes of at least 4 members (excludes halogenated alkanes) is 9. The number of thioether (sulfide) groups is 1. The van der Waals surface area contributed by atoms with E-state index < -0.39 is 0 Å². The molecule has 0 rings (SSSR count). The van der Waals surface area contributed by atoms with Gasteiger partial charge in [-0.3, -0.25) is 0 Å². The molecule has 0 aromatic heterocycles. The van der Waals surface area contributed by atoms with E-state index in [1.54, 1.807) is 13.0 Å². The number of hydrogen-bond donors (Lipinski definition) is 1. The summed E-state index contributed by atoms with van der Waals surface area (Å²) in [4.78, 5) is 11.8. The van der Waals surface area contributed by atoms with Crippen LogP contribution in [0.5, 0.6) is 0 Å². The quantitative estimate of drug-likeness (QED) is 0.108.